The summed E-state index contributed by atoms with van der Waals surface area (Å²) in [6, 6.07) is 2.17. The van der Waals surface area contributed by atoms with Gasteiger partial charge in [-0.2, -0.15) is 0 Å². The summed E-state index contributed by atoms with van der Waals surface area (Å²) in [6.45, 7) is 4.11. The molecule has 9 heteroatoms. The van der Waals surface area contributed by atoms with E-state index in [4.69, 9.17) is 16.3 Å². The first-order chi connectivity index (χ1) is 13.9. The molecule has 1 aliphatic rings. The number of urea groups is 1. The van der Waals surface area contributed by atoms with Crippen molar-refractivity contribution in [2.45, 2.75) is 38.8 Å². The second-order valence-corrected chi connectivity index (χ2v) is 7.55. The van der Waals surface area contributed by atoms with Crippen LogP contribution in [0, 0.1) is 11.7 Å². The van der Waals surface area contributed by atoms with Crippen LogP contribution in [0.5, 0.6) is 0 Å². The maximum Gasteiger partial charge on any atom is 0.328 e. The molecule has 29 heavy (non-hydrogen) atoms. The summed E-state index contributed by atoms with van der Waals surface area (Å²) in [4.78, 5) is 34.2. The van der Waals surface area contributed by atoms with E-state index in [0.717, 1.165) is 5.69 Å². The minimum absolute atomic E-state index is 0.126. The largest absolute Gasteiger partial charge is 0.467 e. The highest BCUT2D eigenvalue weighted by Gasteiger charge is 2.38. The Hall–Kier alpha value is -2.61. The normalized spacial score (nSPS) is 18.0. The topological polar surface area (TPSA) is 87.3 Å². The standard InChI is InChI=1S/C20H24ClFN4O3/c1-4-11(2)16(19(27)29-3)25-20(28)26-8-7-15-17(24-10-23-15)18(26)13-9-12(21)5-6-14(13)22/h5-6,9-11,16,18H,4,7-8H2,1-3H3,(H,23,24)(H,25,28)/t11-,16-,18+/m0/s1. The number of esters is 1. The van der Waals surface area contributed by atoms with E-state index in [1.165, 1.54) is 36.5 Å². The van der Waals surface area contributed by atoms with Crippen molar-refractivity contribution in [1.82, 2.24) is 20.2 Å². The third kappa shape index (κ3) is 4.22. The van der Waals surface area contributed by atoms with Crippen LogP contribution in [0.2, 0.25) is 5.02 Å². The molecule has 2 heterocycles. The Balaban J connectivity index is 1.97. The second kappa shape index (κ2) is 8.82. The van der Waals surface area contributed by atoms with Gasteiger partial charge in [0.15, 0.2) is 0 Å². The van der Waals surface area contributed by atoms with Gasteiger partial charge in [0.25, 0.3) is 0 Å². The van der Waals surface area contributed by atoms with Crippen LogP contribution in [0.3, 0.4) is 0 Å². The Kier molecular flexibility index (Phi) is 6.42. The third-order valence-corrected chi connectivity index (χ3v) is 5.62. The molecule has 1 aromatic heterocycles. The number of carbonyl (C=O) groups is 2. The van der Waals surface area contributed by atoms with Gasteiger partial charge in [0, 0.05) is 29.2 Å². The smallest absolute Gasteiger partial charge is 0.328 e. The van der Waals surface area contributed by atoms with Crippen LogP contribution in [-0.4, -0.2) is 46.6 Å². The number of aromatic nitrogens is 2. The van der Waals surface area contributed by atoms with E-state index in [-0.39, 0.29) is 11.5 Å². The van der Waals surface area contributed by atoms with E-state index in [2.05, 4.69) is 15.3 Å². The lowest BCUT2D eigenvalue weighted by molar-refractivity contribution is -0.144. The lowest BCUT2D eigenvalue weighted by Crippen LogP contribution is -2.53. The zero-order valence-electron chi connectivity index (χ0n) is 16.5. The number of benzene rings is 1. The van der Waals surface area contributed by atoms with Crippen LogP contribution >= 0.6 is 11.6 Å². The monoisotopic (exact) mass is 422 g/mol. The van der Waals surface area contributed by atoms with Crippen LogP contribution in [0.1, 0.15) is 43.3 Å². The van der Waals surface area contributed by atoms with Crippen molar-refractivity contribution in [3.8, 4) is 0 Å². The van der Waals surface area contributed by atoms with Crippen molar-refractivity contribution in [2.24, 2.45) is 5.92 Å². The van der Waals surface area contributed by atoms with Crippen LogP contribution in [0.15, 0.2) is 24.5 Å². The van der Waals surface area contributed by atoms with Gasteiger partial charge >= 0.3 is 12.0 Å². The second-order valence-electron chi connectivity index (χ2n) is 7.11. The number of rotatable bonds is 5. The molecule has 3 atom stereocenters. The number of hydrogen-bond acceptors (Lipinski definition) is 4. The maximum atomic E-state index is 14.7. The summed E-state index contributed by atoms with van der Waals surface area (Å²) in [7, 11) is 1.28. The predicted molar refractivity (Wildman–Crippen MR) is 106 cm³/mol. The fraction of sp³-hybridized carbons (Fsp3) is 0.450. The molecule has 0 fully saturated rings. The van der Waals surface area contributed by atoms with Crippen molar-refractivity contribution >= 4 is 23.6 Å². The molecule has 0 saturated carbocycles. The summed E-state index contributed by atoms with van der Waals surface area (Å²) in [5.41, 5.74) is 1.65. The molecule has 3 rings (SSSR count). The molecule has 0 radical (unpaired) electrons. The highest BCUT2D eigenvalue weighted by Crippen LogP contribution is 2.36. The molecule has 0 spiro atoms. The summed E-state index contributed by atoms with van der Waals surface area (Å²) in [5.74, 6) is -1.13. The van der Waals surface area contributed by atoms with Gasteiger partial charge in [-0.05, 0) is 24.1 Å². The summed E-state index contributed by atoms with van der Waals surface area (Å²) >= 11 is 6.09. The Morgan fingerprint density at radius 2 is 2.24 bits per heavy atom. The minimum atomic E-state index is -0.803. The number of carbonyl (C=O) groups excluding carboxylic acids is 2. The maximum absolute atomic E-state index is 14.7. The summed E-state index contributed by atoms with van der Waals surface area (Å²) in [5, 5.41) is 3.12. The quantitative estimate of drug-likeness (QED) is 0.722. The number of nitrogens with zero attached hydrogens (tertiary/aromatic N) is 2. The zero-order valence-corrected chi connectivity index (χ0v) is 17.3. The molecule has 2 aromatic rings. The van der Waals surface area contributed by atoms with Crippen molar-refractivity contribution in [3.63, 3.8) is 0 Å². The fourth-order valence-electron chi connectivity index (χ4n) is 3.55. The third-order valence-electron chi connectivity index (χ3n) is 5.39. The van der Waals surface area contributed by atoms with Gasteiger partial charge in [0.1, 0.15) is 17.9 Å². The zero-order chi connectivity index (χ0) is 21.1. The minimum Gasteiger partial charge on any atom is -0.467 e. The predicted octanol–water partition coefficient (Wildman–Crippen LogP) is 3.45. The van der Waals surface area contributed by atoms with E-state index < -0.39 is 29.9 Å². The molecule has 156 valence electrons. The van der Waals surface area contributed by atoms with Gasteiger partial charge in [-0.15, -0.1) is 0 Å². The van der Waals surface area contributed by atoms with Crippen molar-refractivity contribution < 1.29 is 18.7 Å². The van der Waals surface area contributed by atoms with Crippen LogP contribution in [-0.2, 0) is 16.0 Å². The number of aromatic amines is 1. The lowest BCUT2D eigenvalue weighted by atomic mass is 9.95. The van der Waals surface area contributed by atoms with Crippen molar-refractivity contribution in [2.75, 3.05) is 13.7 Å². The number of nitrogens with one attached hydrogen (secondary N) is 2. The number of amides is 2. The van der Waals surface area contributed by atoms with E-state index in [9.17, 15) is 14.0 Å². The molecule has 2 N–H and O–H groups in total. The van der Waals surface area contributed by atoms with Crippen molar-refractivity contribution in [1.29, 1.82) is 0 Å². The van der Waals surface area contributed by atoms with E-state index in [1.807, 2.05) is 13.8 Å². The van der Waals surface area contributed by atoms with E-state index >= 15 is 0 Å². The highest BCUT2D eigenvalue weighted by molar-refractivity contribution is 6.30. The number of ether oxygens (including phenoxy) is 1. The Morgan fingerprint density at radius 1 is 1.48 bits per heavy atom. The first-order valence-electron chi connectivity index (χ1n) is 9.49. The van der Waals surface area contributed by atoms with Gasteiger partial charge < -0.3 is 19.9 Å². The molecule has 0 saturated heterocycles. The number of H-pyrrole nitrogens is 1. The van der Waals surface area contributed by atoms with Gasteiger partial charge in [-0.1, -0.05) is 31.9 Å². The molecule has 1 aliphatic heterocycles. The van der Waals surface area contributed by atoms with Crippen LogP contribution < -0.4 is 5.32 Å². The van der Waals surface area contributed by atoms with Gasteiger partial charge in [-0.3, -0.25) is 0 Å². The number of fused-ring (bicyclic) bond motifs is 1. The molecule has 2 amide bonds. The molecule has 0 unspecified atom stereocenters. The van der Waals surface area contributed by atoms with Crippen LogP contribution in [0.4, 0.5) is 9.18 Å². The molecular formula is C20H24ClFN4O3. The van der Waals surface area contributed by atoms with Crippen molar-refractivity contribution in [3.05, 3.63) is 52.3 Å². The molecule has 7 nitrogen and oxygen atoms in total. The number of hydrogen-bond donors (Lipinski definition) is 2. The molecular weight excluding hydrogens is 399 g/mol. The number of halogens is 2. The lowest BCUT2D eigenvalue weighted by Gasteiger charge is -2.36. The van der Waals surface area contributed by atoms with Gasteiger partial charge in [0.2, 0.25) is 0 Å². The fourth-order valence-corrected chi connectivity index (χ4v) is 3.73. The van der Waals surface area contributed by atoms with Gasteiger partial charge in [-0.25, -0.2) is 19.0 Å². The Bertz CT molecular complexity index is 904. The van der Waals surface area contributed by atoms with E-state index in [0.29, 0.717) is 30.1 Å². The Labute approximate surface area is 173 Å². The number of imidazole rings is 1. The van der Waals surface area contributed by atoms with E-state index in [1.54, 1.807) is 0 Å². The molecule has 0 bridgehead atoms. The Morgan fingerprint density at radius 3 is 2.93 bits per heavy atom. The summed E-state index contributed by atoms with van der Waals surface area (Å²) in [6.07, 6.45) is 2.74. The van der Waals surface area contributed by atoms with Gasteiger partial charge in [0.05, 0.1) is 19.1 Å². The molecule has 0 aliphatic carbocycles. The summed E-state index contributed by atoms with van der Waals surface area (Å²) < 4.78 is 19.5. The first kappa shape index (κ1) is 21.1. The average molecular weight is 423 g/mol. The SMILES string of the molecule is CC[C@H](C)[C@H](NC(=O)N1CCc2[nH]cnc2[C@H]1c1cc(Cl)ccc1F)C(=O)OC. The average Bonchev–Trinajstić information content (AvgIpc) is 3.20. The molecule has 1 aromatic carbocycles. The number of methoxy groups -OCH3 is 1. The first-order valence-corrected chi connectivity index (χ1v) is 9.87. The highest BCUT2D eigenvalue weighted by atomic mass is 35.5. The van der Waals surface area contributed by atoms with Crippen LogP contribution in [0.25, 0.3) is 0 Å².